The summed E-state index contributed by atoms with van der Waals surface area (Å²) in [6.07, 6.45) is 2.59. The Morgan fingerprint density at radius 1 is 1.11 bits per heavy atom. The predicted octanol–water partition coefficient (Wildman–Crippen LogP) is 5.76. The van der Waals surface area contributed by atoms with E-state index in [-0.39, 0.29) is 6.09 Å². The van der Waals surface area contributed by atoms with Gasteiger partial charge in [-0.3, -0.25) is 0 Å². The van der Waals surface area contributed by atoms with Crippen molar-refractivity contribution in [2.45, 2.75) is 79.4 Å². The van der Waals surface area contributed by atoms with Crippen LogP contribution in [0.3, 0.4) is 0 Å². The summed E-state index contributed by atoms with van der Waals surface area (Å²) in [4.78, 5) is 20.9. The minimum atomic E-state index is -0.475. The lowest BCUT2D eigenvalue weighted by Crippen LogP contribution is -2.39. The molecule has 0 radical (unpaired) electrons. The van der Waals surface area contributed by atoms with Gasteiger partial charge in [-0.15, -0.1) is 11.3 Å². The fraction of sp³-hybridized carbons (Fsp3) is 0.552. The zero-order valence-corrected chi connectivity index (χ0v) is 23.7. The molecule has 194 valence electrons. The molecular formula is C29H41N4O2S+. The first-order valence-electron chi connectivity index (χ1n) is 13.3. The highest BCUT2D eigenvalue weighted by Gasteiger charge is 2.26. The van der Waals surface area contributed by atoms with E-state index in [1.54, 1.807) is 0 Å². The summed E-state index contributed by atoms with van der Waals surface area (Å²) in [6, 6.07) is 9.48. The lowest BCUT2D eigenvalue weighted by Gasteiger charge is -2.25. The Morgan fingerprint density at radius 3 is 2.53 bits per heavy atom. The van der Waals surface area contributed by atoms with Gasteiger partial charge in [0.1, 0.15) is 12.1 Å². The summed E-state index contributed by atoms with van der Waals surface area (Å²) >= 11 is 1.83. The molecule has 0 unspecified atom stereocenters. The number of nitrogens with zero attached hydrogens (tertiary/aromatic N) is 3. The quantitative estimate of drug-likeness (QED) is 0.359. The standard InChI is InChI=1S/C29H40N4O2S/c1-8-20-15-22(30-19(3)4)17-24-26(20)31-27-21(9-2)16-23(18-25(27)36-24)32-11-10-12-33(14-13-32)28(34)35-29(5,6)7/h15-19H,8-14H2,1-7H3/p+1. The first-order valence-corrected chi connectivity index (χ1v) is 14.1. The van der Waals surface area contributed by atoms with Crippen LogP contribution in [0.1, 0.15) is 66.0 Å². The van der Waals surface area contributed by atoms with E-state index in [2.05, 4.69) is 61.9 Å². The summed E-state index contributed by atoms with van der Waals surface area (Å²) in [6.45, 7) is 17.6. The van der Waals surface area contributed by atoms with Crippen LogP contribution in [0.4, 0.5) is 10.5 Å². The number of fused-ring (bicyclic) bond motifs is 2. The number of amides is 1. The van der Waals surface area contributed by atoms with Gasteiger partial charge in [-0.2, -0.15) is 0 Å². The number of benzene rings is 2. The van der Waals surface area contributed by atoms with Crippen molar-refractivity contribution >= 4 is 33.3 Å². The molecule has 1 aromatic carbocycles. The van der Waals surface area contributed by atoms with Crippen molar-refractivity contribution < 1.29 is 9.53 Å². The smallest absolute Gasteiger partial charge is 0.410 e. The highest BCUT2D eigenvalue weighted by molar-refractivity contribution is 7.21. The third-order valence-corrected chi connectivity index (χ3v) is 7.53. The molecule has 36 heavy (non-hydrogen) atoms. The minimum absolute atomic E-state index is 0.215. The monoisotopic (exact) mass is 509 g/mol. The van der Waals surface area contributed by atoms with Gasteiger partial charge in [0.05, 0.1) is 27.3 Å². The fourth-order valence-electron chi connectivity index (χ4n) is 4.78. The number of hydrogen-bond acceptors (Lipinski definition) is 5. The molecule has 1 amide bonds. The molecule has 2 aliphatic heterocycles. The Labute approximate surface area is 219 Å². The molecule has 1 fully saturated rings. The van der Waals surface area contributed by atoms with E-state index in [4.69, 9.17) is 9.72 Å². The Morgan fingerprint density at radius 2 is 1.86 bits per heavy atom. The number of aromatic nitrogens is 1. The van der Waals surface area contributed by atoms with Crippen molar-refractivity contribution in [1.82, 2.24) is 14.5 Å². The van der Waals surface area contributed by atoms with Crippen LogP contribution in [0, 0.1) is 0 Å². The molecule has 6 nitrogen and oxygen atoms in total. The Bertz CT molecular complexity index is 1290. The molecule has 1 aromatic rings. The molecule has 1 aliphatic carbocycles. The van der Waals surface area contributed by atoms with E-state index < -0.39 is 5.60 Å². The van der Waals surface area contributed by atoms with Crippen LogP contribution in [0.5, 0.6) is 0 Å². The normalized spacial score (nSPS) is 16.5. The third kappa shape index (κ3) is 6.00. The number of carbonyl (C=O) groups is 1. The highest BCUT2D eigenvalue weighted by atomic mass is 32.1. The zero-order valence-electron chi connectivity index (χ0n) is 22.9. The van der Waals surface area contributed by atoms with Gasteiger partial charge < -0.3 is 15.0 Å². The van der Waals surface area contributed by atoms with Crippen molar-refractivity contribution in [3.05, 3.63) is 40.7 Å². The molecule has 0 atom stereocenters. The summed E-state index contributed by atoms with van der Waals surface area (Å²) in [7, 11) is 0. The second kappa shape index (κ2) is 10.8. The average molecular weight is 510 g/mol. The molecule has 2 heterocycles. The molecule has 4 rings (SSSR count). The van der Waals surface area contributed by atoms with Gasteiger partial charge in [0.2, 0.25) is 5.36 Å². The summed E-state index contributed by atoms with van der Waals surface area (Å²) in [5.41, 5.74) is 5.48. The van der Waals surface area contributed by atoms with Gasteiger partial charge in [-0.25, -0.2) is 14.4 Å². The molecule has 0 aromatic heterocycles. The van der Waals surface area contributed by atoms with Crippen LogP contribution < -0.4 is 15.2 Å². The summed E-state index contributed by atoms with van der Waals surface area (Å²) < 4.78 is 9.25. The van der Waals surface area contributed by atoms with Crippen LogP contribution in [0.15, 0.2) is 24.3 Å². The van der Waals surface area contributed by atoms with Gasteiger partial charge in [-0.1, -0.05) is 13.8 Å². The number of anilines is 1. The van der Waals surface area contributed by atoms with Gasteiger partial charge >= 0.3 is 6.09 Å². The second-order valence-corrected chi connectivity index (χ2v) is 12.0. The number of carbonyl (C=O) groups excluding carboxylic acids is 1. The lowest BCUT2D eigenvalue weighted by molar-refractivity contribution is 0.0262. The number of ether oxygens (including phenoxy) is 1. The van der Waals surface area contributed by atoms with E-state index >= 15 is 0 Å². The molecule has 0 saturated carbocycles. The molecule has 1 N–H and O–H groups in total. The number of rotatable bonds is 4. The van der Waals surface area contributed by atoms with E-state index in [0.717, 1.165) is 55.8 Å². The van der Waals surface area contributed by atoms with Crippen molar-refractivity contribution in [3.63, 3.8) is 0 Å². The van der Waals surface area contributed by atoms with Crippen molar-refractivity contribution in [3.8, 4) is 10.6 Å². The third-order valence-electron chi connectivity index (χ3n) is 6.47. The summed E-state index contributed by atoms with van der Waals surface area (Å²) in [5, 5.41) is 4.79. The van der Waals surface area contributed by atoms with Crippen molar-refractivity contribution in [1.29, 1.82) is 0 Å². The molecule has 3 aliphatic rings. The maximum atomic E-state index is 12.6. The average Bonchev–Trinajstić information content (AvgIpc) is 3.06. The number of nitrogens with one attached hydrogen (secondary N) is 1. The van der Waals surface area contributed by atoms with Crippen LogP contribution in [0.25, 0.3) is 20.8 Å². The fourth-order valence-corrected chi connectivity index (χ4v) is 5.93. The SMILES string of the molecule is CCc1cc(=[N+]2CCCN(C(=O)OC(C)(C)C)CC2)cc2sc3cc(NC(C)C)cc(CC)c3nc1-2. The van der Waals surface area contributed by atoms with E-state index in [1.807, 2.05) is 37.0 Å². The molecular weight excluding hydrogens is 468 g/mol. The first kappa shape index (κ1) is 26.4. The number of aryl methyl sites for hydroxylation is 2. The molecule has 1 saturated heterocycles. The number of hydrogen-bond donors (Lipinski definition) is 1. The van der Waals surface area contributed by atoms with Gasteiger partial charge in [0.25, 0.3) is 0 Å². The van der Waals surface area contributed by atoms with Crippen LogP contribution in [-0.2, 0) is 17.6 Å². The maximum absolute atomic E-state index is 12.6. The Balaban J connectivity index is 1.76. The van der Waals surface area contributed by atoms with E-state index in [1.165, 1.54) is 26.1 Å². The largest absolute Gasteiger partial charge is 0.444 e. The maximum Gasteiger partial charge on any atom is 0.410 e. The molecule has 0 spiro atoms. The van der Waals surface area contributed by atoms with Crippen molar-refractivity contribution in [2.75, 3.05) is 31.5 Å². The predicted molar refractivity (Wildman–Crippen MR) is 151 cm³/mol. The zero-order chi connectivity index (χ0) is 26.0. The molecule has 7 heteroatoms. The Kier molecular flexibility index (Phi) is 7.88. The summed E-state index contributed by atoms with van der Waals surface area (Å²) in [5.74, 6) is 0. The van der Waals surface area contributed by atoms with Crippen LogP contribution in [0.2, 0.25) is 0 Å². The van der Waals surface area contributed by atoms with Gasteiger partial charge in [-0.05, 0) is 70.7 Å². The minimum Gasteiger partial charge on any atom is -0.444 e. The van der Waals surface area contributed by atoms with E-state index in [0.29, 0.717) is 12.6 Å². The topological polar surface area (TPSA) is 57.5 Å². The second-order valence-electron chi connectivity index (χ2n) is 11.0. The Hall–Kier alpha value is -2.67. The first-order chi connectivity index (χ1) is 17.1. The molecule has 0 bridgehead atoms. The van der Waals surface area contributed by atoms with Crippen LogP contribution >= 0.6 is 11.3 Å². The lowest BCUT2D eigenvalue weighted by atomic mass is 10.1. The van der Waals surface area contributed by atoms with Crippen LogP contribution in [-0.4, -0.2) is 53.8 Å². The highest BCUT2D eigenvalue weighted by Crippen LogP contribution is 2.35. The van der Waals surface area contributed by atoms with E-state index in [9.17, 15) is 4.79 Å². The van der Waals surface area contributed by atoms with Gasteiger partial charge in [0.15, 0.2) is 6.54 Å². The van der Waals surface area contributed by atoms with Crippen molar-refractivity contribution in [2.24, 2.45) is 0 Å². The van der Waals surface area contributed by atoms with Gasteiger partial charge in [0, 0.05) is 36.8 Å².